The molecule has 0 aliphatic carbocycles. The van der Waals surface area contributed by atoms with Crippen LogP contribution in [0.1, 0.15) is 38.3 Å². The molecule has 0 bridgehead atoms. The van der Waals surface area contributed by atoms with Gasteiger partial charge >= 0.3 is 0 Å². The number of carbonyl (C=O) groups is 2. The molecule has 0 N–H and O–H groups in total. The number of carbonyl (C=O) groups excluding carboxylic acids is 2. The molecule has 3 heterocycles. The summed E-state index contributed by atoms with van der Waals surface area (Å²) >= 11 is 0. The van der Waals surface area contributed by atoms with Crippen LogP contribution in [0.4, 0.5) is 0 Å². The second kappa shape index (κ2) is 7.74. The summed E-state index contributed by atoms with van der Waals surface area (Å²) in [4.78, 5) is 35.2. The number of hydrogen-bond donors (Lipinski definition) is 0. The van der Waals surface area contributed by atoms with Crippen molar-refractivity contribution in [3.05, 3.63) is 30.1 Å². The number of pyridine rings is 1. The van der Waals surface area contributed by atoms with Crippen LogP contribution in [0.25, 0.3) is 0 Å². The Balaban J connectivity index is 1.61. The van der Waals surface area contributed by atoms with E-state index >= 15 is 0 Å². The lowest BCUT2D eigenvalue weighted by atomic mass is 9.72. The highest BCUT2D eigenvalue weighted by Crippen LogP contribution is 2.40. The van der Waals surface area contributed by atoms with Gasteiger partial charge in [-0.05, 0) is 57.8 Å². The summed E-state index contributed by atoms with van der Waals surface area (Å²) in [6.07, 6.45) is 5.27. The lowest BCUT2D eigenvalue weighted by Crippen LogP contribution is -2.54. The Kier molecular flexibility index (Phi) is 5.61. The van der Waals surface area contributed by atoms with E-state index < -0.39 is 0 Å². The summed E-state index contributed by atoms with van der Waals surface area (Å²) in [5.74, 6) is 0.433. The van der Waals surface area contributed by atoms with E-state index in [1.54, 1.807) is 6.20 Å². The van der Waals surface area contributed by atoms with Gasteiger partial charge in [0.1, 0.15) is 0 Å². The van der Waals surface area contributed by atoms with Crippen LogP contribution in [0.2, 0.25) is 0 Å². The van der Waals surface area contributed by atoms with E-state index in [1.807, 2.05) is 53.9 Å². The lowest BCUT2D eigenvalue weighted by molar-refractivity contribution is -0.144. The van der Waals surface area contributed by atoms with E-state index in [1.165, 1.54) is 0 Å². The molecule has 2 amide bonds. The highest BCUT2D eigenvalue weighted by Gasteiger charge is 2.42. The zero-order valence-electron chi connectivity index (χ0n) is 16.1. The average Bonchev–Trinajstić information content (AvgIpc) is 2.65. The van der Waals surface area contributed by atoms with Gasteiger partial charge < -0.3 is 9.80 Å². The molecule has 2 aliphatic rings. The number of nitrogens with zero attached hydrogens (tertiary/aromatic N) is 4. The van der Waals surface area contributed by atoms with Crippen LogP contribution in [0.3, 0.4) is 0 Å². The Morgan fingerprint density at radius 1 is 1.27 bits per heavy atom. The second-order valence-corrected chi connectivity index (χ2v) is 8.04. The van der Waals surface area contributed by atoms with Gasteiger partial charge in [-0.15, -0.1) is 0 Å². The minimum absolute atomic E-state index is 0.0855. The molecular weight excluding hydrogens is 328 g/mol. The summed E-state index contributed by atoms with van der Waals surface area (Å²) < 4.78 is 0. The zero-order valence-corrected chi connectivity index (χ0v) is 16.1. The van der Waals surface area contributed by atoms with Gasteiger partial charge in [-0.3, -0.25) is 19.5 Å². The fourth-order valence-corrected chi connectivity index (χ4v) is 4.03. The van der Waals surface area contributed by atoms with Crippen molar-refractivity contribution in [3.63, 3.8) is 0 Å². The molecule has 26 heavy (non-hydrogen) atoms. The standard InChI is InChI=1S/C20H30N4O2/c1-16(22(2)3)19(26)23-12-9-20(10-13-23)8-7-18(25)24(15-20)14-17-6-4-5-11-21-17/h4-6,11,16H,7-10,12-15H2,1-3H3. The van der Waals surface area contributed by atoms with Crippen LogP contribution in [0, 0.1) is 5.41 Å². The van der Waals surface area contributed by atoms with E-state index in [-0.39, 0.29) is 23.3 Å². The van der Waals surface area contributed by atoms with Crippen molar-refractivity contribution in [2.24, 2.45) is 5.41 Å². The Hall–Kier alpha value is -1.95. The molecule has 1 aromatic rings. The Morgan fingerprint density at radius 3 is 2.62 bits per heavy atom. The minimum atomic E-state index is -0.0855. The molecule has 6 heteroatoms. The number of likely N-dealkylation sites (tertiary alicyclic amines) is 2. The van der Waals surface area contributed by atoms with Crippen LogP contribution >= 0.6 is 0 Å². The van der Waals surface area contributed by atoms with E-state index in [0.29, 0.717) is 13.0 Å². The Bertz CT molecular complexity index is 638. The van der Waals surface area contributed by atoms with Gasteiger partial charge in [-0.25, -0.2) is 0 Å². The summed E-state index contributed by atoms with van der Waals surface area (Å²) in [5.41, 5.74) is 1.09. The summed E-state index contributed by atoms with van der Waals surface area (Å²) in [6, 6.07) is 5.74. The zero-order chi connectivity index (χ0) is 18.7. The summed E-state index contributed by atoms with van der Waals surface area (Å²) in [7, 11) is 3.88. The first-order valence-corrected chi connectivity index (χ1v) is 9.53. The number of hydrogen-bond acceptors (Lipinski definition) is 4. The molecule has 1 spiro atoms. The van der Waals surface area contributed by atoms with Crippen molar-refractivity contribution in [2.45, 2.75) is 45.2 Å². The third-order valence-corrected chi connectivity index (χ3v) is 6.09. The van der Waals surface area contributed by atoms with Gasteiger partial charge in [-0.1, -0.05) is 6.07 Å². The van der Waals surface area contributed by atoms with Crippen LogP contribution in [0.15, 0.2) is 24.4 Å². The molecule has 3 rings (SSSR count). The Labute approximate surface area is 156 Å². The number of rotatable bonds is 4. The predicted octanol–water partition coefficient (Wildman–Crippen LogP) is 1.76. The lowest BCUT2D eigenvalue weighted by Gasteiger charge is -2.47. The maximum absolute atomic E-state index is 12.6. The maximum atomic E-state index is 12.6. The molecule has 2 fully saturated rings. The topological polar surface area (TPSA) is 56.8 Å². The first-order valence-electron chi connectivity index (χ1n) is 9.53. The van der Waals surface area contributed by atoms with Gasteiger partial charge in [0, 0.05) is 32.3 Å². The number of likely N-dealkylation sites (N-methyl/N-ethyl adjacent to an activating group) is 1. The van der Waals surface area contributed by atoms with Crippen molar-refractivity contribution >= 4 is 11.8 Å². The van der Waals surface area contributed by atoms with Crippen LogP contribution < -0.4 is 0 Å². The van der Waals surface area contributed by atoms with Crippen LogP contribution in [-0.2, 0) is 16.1 Å². The highest BCUT2D eigenvalue weighted by molar-refractivity contribution is 5.81. The van der Waals surface area contributed by atoms with Gasteiger partial charge in [-0.2, -0.15) is 0 Å². The van der Waals surface area contributed by atoms with Crippen molar-refractivity contribution in [3.8, 4) is 0 Å². The first-order chi connectivity index (χ1) is 12.4. The molecule has 0 aromatic carbocycles. The molecule has 0 saturated carbocycles. The van der Waals surface area contributed by atoms with Crippen LogP contribution in [-0.4, -0.2) is 71.3 Å². The highest BCUT2D eigenvalue weighted by atomic mass is 16.2. The molecule has 6 nitrogen and oxygen atoms in total. The molecule has 2 saturated heterocycles. The average molecular weight is 358 g/mol. The molecule has 1 aromatic heterocycles. The fourth-order valence-electron chi connectivity index (χ4n) is 4.03. The molecule has 1 unspecified atom stereocenters. The molecule has 2 aliphatic heterocycles. The van der Waals surface area contributed by atoms with Gasteiger partial charge in [0.2, 0.25) is 11.8 Å². The molecule has 1 atom stereocenters. The maximum Gasteiger partial charge on any atom is 0.239 e. The Morgan fingerprint density at radius 2 is 2.00 bits per heavy atom. The molecule has 142 valence electrons. The first kappa shape index (κ1) is 18.8. The SMILES string of the molecule is CC(C(=O)N1CCC2(CCC(=O)N(Cc3ccccn3)C2)CC1)N(C)C. The van der Waals surface area contributed by atoms with Crippen molar-refractivity contribution in [1.29, 1.82) is 0 Å². The van der Waals surface area contributed by atoms with E-state index in [9.17, 15) is 9.59 Å². The summed E-state index contributed by atoms with van der Waals surface area (Å²) in [6.45, 7) is 4.92. The van der Waals surface area contributed by atoms with Crippen molar-refractivity contribution in [1.82, 2.24) is 19.7 Å². The smallest absolute Gasteiger partial charge is 0.239 e. The second-order valence-electron chi connectivity index (χ2n) is 8.04. The fraction of sp³-hybridized carbons (Fsp3) is 0.650. The minimum Gasteiger partial charge on any atom is -0.341 e. The van der Waals surface area contributed by atoms with E-state index in [2.05, 4.69) is 4.98 Å². The predicted molar refractivity (Wildman–Crippen MR) is 100 cm³/mol. The van der Waals surface area contributed by atoms with Crippen molar-refractivity contribution in [2.75, 3.05) is 33.7 Å². The number of aromatic nitrogens is 1. The van der Waals surface area contributed by atoms with Crippen LogP contribution in [0.5, 0.6) is 0 Å². The number of amides is 2. The molecule has 0 radical (unpaired) electrons. The van der Waals surface area contributed by atoms with E-state index in [0.717, 1.165) is 44.6 Å². The monoisotopic (exact) mass is 358 g/mol. The largest absolute Gasteiger partial charge is 0.341 e. The van der Waals surface area contributed by atoms with Gasteiger partial charge in [0.05, 0.1) is 18.3 Å². The van der Waals surface area contributed by atoms with Gasteiger partial charge in [0.25, 0.3) is 0 Å². The van der Waals surface area contributed by atoms with Crippen molar-refractivity contribution < 1.29 is 9.59 Å². The third-order valence-electron chi connectivity index (χ3n) is 6.09. The van der Waals surface area contributed by atoms with Gasteiger partial charge in [0.15, 0.2) is 0 Å². The van der Waals surface area contributed by atoms with E-state index in [4.69, 9.17) is 0 Å². The third kappa shape index (κ3) is 4.06. The molecular formula is C20H30N4O2. The normalized spacial score (nSPS) is 21.3. The quantitative estimate of drug-likeness (QED) is 0.823. The summed E-state index contributed by atoms with van der Waals surface area (Å²) in [5, 5.41) is 0. The number of piperidine rings is 2.